The summed E-state index contributed by atoms with van der Waals surface area (Å²) >= 11 is 0. The fraction of sp³-hybridized carbons (Fsp3) is 0.636. The Morgan fingerprint density at radius 3 is 2.56 bits per heavy atom. The second-order valence-corrected chi connectivity index (χ2v) is 4.34. The Hall–Kier alpha value is -1.36. The molecule has 0 saturated carbocycles. The van der Waals surface area contributed by atoms with E-state index in [4.69, 9.17) is 5.73 Å². The second kappa shape index (κ2) is 5.12. The van der Waals surface area contributed by atoms with E-state index in [1.54, 1.807) is 6.33 Å². The van der Waals surface area contributed by atoms with E-state index in [0.717, 1.165) is 11.4 Å². The first-order valence-corrected chi connectivity index (χ1v) is 5.45. The molecule has 5 nitrogen and oxygen atoms in total. The molecule has 1 atom stereocenters. The molecule has 1 unspecified atom stereocenters. The number of nitrogens with one attached hydrogen (secondary N) is 1. The summed E-state index contributed by atoms with van der Waals surface area (Å²) in [5.74, 6) is -0.334. The number of nitrogens with zero attached hydrogens (tertiary/aromatic N) is 2. The lowest BCUT2D eigenvalue weighted by Crippen LogP contribution is -2.47. The van der Waals surface area contributed by atoms with Crippen LogP contribution in [0.15, 0.2) is 6.33 Å². The van der Waals surface area contributed by atoms with Crippen molar-refractivity contribution in [2.24, 2.45) is 5.73 Å². The predicted molar refractivity (Wildman–Crippen MR) is 63.0 cm³/mol. The first-order valence-electron chi connectivity index (χ1n) is 5.45. The third-order valence-corrected chi connectivity index (χ3v) is 2.60. The van der Waals surface area contributed by atoms with Crippen LogP contribution in [0, 0.1) is 13.8 Å². The lowest BCUT2D eigenvalue weighted by molar-refractivity contribution is -0.120. The maximum absolute atomic E-state index is 11.3. The molecule has 0 aliphatic carbocycles. The first kappa shape index (κ1) is 12.7. The predicted octanol–water partition coefficient (Wildman–Crippen LogP) is 0.352. The van der Waals surface area contributed by atoms with Crippen molar-refractivity contribution in [2.75, 3.05) is 0 Å². The summed E-state index contributed by atoms with van der Waals surface area (Å²) in [6, 6.07) is -0.130. The van der Waals surface area contributed by atoms with Gasteiger partial charge < -0.3 is 15.6 Å². The van der Waals surface area contributed by atoms with Crippen molar-refractivity contribution in [3.05, 3.63) is 17.7 Å². The number of aromatic nitrogens is 2. The molecule has 1 amide bonds. The zero-order valence-electron chi connectivity index (χ0n) is 10.3. The topological polar surface area (TPSA) is 72.9 Å². The summed E-state index contributed by atoms with van der Waals surface area (Å²) in [5, 5.41) is 3.14. The molecule has 0 aliphatic rings. The highest BCUT2D eigenvalue weighted by Gasteiger charge is 2.17. The van der Waals surface area contributed by atoms with Crippen LogP contribution in [-0.2, 0) is 11.3 Å². The molecule has 90 valence electrons. The molecule has 1 heterocycles. The smallest absolute Gasteiger partial charge is 0.236 e. The van der Waals surface area contributed by atoms with Gasteiger partial charge in [-0.1, -0.05) is 13.8 Å². The van der Waals surface area contributed by atoms with Crippen LogP contribution in [0.2, 0.25) is 0 Å². The number of hydrogen-bond donors (Lipinski definition) is 2. The van der Waals surface area contributed by atoms with E-state index < -0.39 is 0 Å². The van der Waals surface area contributed by atoms with Gasteiger partial charge in [0.25, 0.3) is 0 Å². The third-order valence-electron chi connectivity index (χ3n) is 2.60. The zero-order chi connectivity index (χ0) is 12.3. The van der Waals surface area contributed by atoms with E-state index in [1.807, 2.05) is 32.3 Å². The van der Waals surface area contributed by atoms with E-state index in [0.29, 0.717) is 6.54 Å². The molecule has 0 fully saturated rings. The van der Waals surface area contributed by atoms with Crippen LogP contribution in [0.25, 0.3) is 0 Å². The molecule has 16 heavy (non-hydrogen) atoms. The number of carbonyl (C=O) groups excluding carboxylic acids is 1. The minimum absolute atomic E-state index is 0.224. The van der Waals surface area contributed by atoms with Crippen LogP contribution < -0.4 is 11.1 Å². The molecular formula is C11H20N4O. The van der Waals surface area contributed by atoms with E-state index >= 15 is 0 Å². The summed E-state index contributed by atoms with van der Waals surface area (Å²) in [7, 11) is 0. The van der Waals surface area contributed by atoms with Crippen molar-refractivity contribution in [3.8, 4) is 0 Å². The van der Waals surface area contributed by atoms with E-state index in [-0.39, 0.29) is 18.0 Å². The Balaban J connectivity index is 2.76. The molecule has 0 aromatic carbocycles. The minimum Gasteiger partial charge on any atom is -0.368 e. The Kier molecular flexibility index (Phi) is 4.06. The maximum Gasteiger partial charge on any atom is 0.236 e. The van der Waals surface area contributed by atoms with Gasteiger partial charge in [-0.2, -0.15) is 0 Å². The summed E-state index contributed by atoms with van der Waals surface area (Å²) in [6.45, 7) is 8.43. The molecule has 5 heteroatoms. The number of amides is 1. The van der Waals surface area contributed by atoms with Crippen LogP contribution in [-0.4, -0.2) is 27.5 Å². The van der Waals surface area contributed by atoms with Gasteiger partial charge in [-0.25, -0.2) is 4.98 Å². The molecule has 1 aromatic rings. The lowest BCUT2D eigenvalue weighted by atomic mass is 10.2. The molecule has 0 saturated heterocycles. The summed E-state index contributed by atoms with van der Waals surface area (Å²) < 4.78 is 1.94. The van der Waals surface area contributed by atoms with Crippen molar-refractivity contribution in [1.29, 1.82) is 0 Å². The van der Waals surface area contributed by atoms with Crippen molar-refractivity contribution in [2.45, 2.75) is 46.3 Å². The molecule has 0 spiro atoms. The second-order valence-electron chi connectivity index (χ2n) is 4.34. The van der Waals surface area contributed by atoms with Crippen LogP contribution >= 0.6 is 0 Å². The monoisotopic (exact) mass is 224 g/mol. The first-order chi connectivity index (χ1) is 7.41. The Labute approximate surface area is 96.0 Å². The van der Waals surface area contributed by atoms with Crippen LogP contribution in [0.3, 0.4) is 0 Å². The van der Waals surface area contributed by atoms with Gasteiger partial charge >= 0.3 is 0 Å². The molecule has 1 rings (SSSR count). The van der Waals surface area contributed by atoms with Crippen LogP contribution in [0.1, 0.15) is 25.2 Å². The highest BCUT2D eigenvalue weighted by atomic mass is 16.1. The Morgan fingerprint density at radius 2 is 2.19 bits per heavy atom. The standard InChI is InChI=1S/C11H20N4O/c1-7(2)14-10(11(12)16)5-15-6-13-8(3)9(15)4/h6-7,10,14H,5H2,1-4H3,(H2,12,16). The number of nitrogens with two attached hydrogens (primary N) is 1. The summed E-state index contributed by atoms with van der Waals surface area (Å²) in [5.41, 5.74) is 7.40. The molecule has 0 radical (unpaired) electrons. The number of carbonyl (C=O) groups is 1. The SMILES string of the molecule is Cc1ncn(CC(NC(C)C)C(N)=O)c1C. The van der Waals surface area contributed by atoms with Crippen molar-refractivity contribution in [1.82, 2.24) is 14.9 Å². The molecule has 0 bridgehead atoms. The van der Waals surface area contributed by atoms with Gasteiger partial charge in [0.15, 0.2) is 0 Å². The van der Waals surface area contributed by atoms with E-state index in [2.05, 4.69) is 10.3 Å². The highest BCUT2D eigenvalue weighted by molar-refractivity contribution is 5.79. The van der Waals surface area contributed by atoms with E-state index in [1.165, 1.54) is 0 Å². The fourth-order valence-electron chi connectivity index (χ4n) is 1.55. The number of primary amides is 1. The number of rotatable bonds is 5. The molecular weight excluding hydrogens is 204 g/mol. The Bertz CT molecular complexity index is 370. The number of hydrogen-bond acceptors (Lipinski definition) is 3. The average Bonchev–Trinajstić information content (AvgIpc) is 2.47. The normalized spacial score (nSPS) is 13.1. The third kappa shape index (κ3) is 3.06. The van der Waals surface area contributed by atoms with Gasteiger partial charge in [0.2, 0.25) is 5.91 Å². The van der Waals surface area contributed by atoms with Gasteiger partial charge in [0, 0.05) is 18.3 Å². The van der Waals surface area contributed by atoms with E-state index in [9.17, 15) is 4.79 Å². The van der Waals surface area contributed by atoms with Crippen LogP contribution in [0.5, 0.6) is 0 Å². The lowest BCUT2D eigenvalue weighted by Gasteiger charge is -2.19. The van der Waals surface area contributed by atoms with Gasteiger partial charge in [0.05, 0.1) is 12.0 Å². The van der Waals surface area contributed by atoms with Gasteiger partial charge in [-0.15, -0.1) is 0 Å². The summed E-state index contributed by atoms with van der Waals surface area (Å²) in [4.78, 5) is 15.5. The molecule has 0 aliphatic heterocycles. The van der Waals surface area contributed by atoms with Crippen molar-refractivity contribution >= 4 is 5.91 Å². The number of imidazole rings is 1. The molecule has 3 N–H and O–H groups in total. The Morgan fingerprint density at radius 1 is 1.56 bits per heavy atom. The van der Waals surface area contributed by atoms with Crippen molar-refractivity contribution in [3.63, 3.8) is 0 Å². The largest absolute Gasteiger partial charge is 0.368 e. The van der Waals surface area contributed by atoms with Crippen LogP contribution in [0.4, 0.5) is 0 Å². The maximum atomic E-state index is 11.3. The highest BCUT2D eigenvalue weighted by Crippen LogP contribution is 2.05. The summed E-state index contributed by atoms with van der Waals surface area (Å²) in [6.07, 6.45) is 1.74. The van der Waals surface area contributed by atoms with Gasteiger partial charge in [0.1, 0.15) is 6.04 Å². The quantitative estimate of drug-likeness (QED) is 0.758. The van der Waals surface area contributed by atoms with Crippen molar-refractivity contribution < 1.29 is 4.79 Å². The fourth-order valence-corrected chi connectivity index (χ4v) is 1.55. The van der Waals surface area contributed by atoms with Gasteiger partial charge in [-0.05, 0) is 13.8 Å². The number of aryl methyl sites for hydroxylation is 1. The van der Waals surface area contributed by atoms with Gasteiger partial charge in [-0.3, -0.25) is 4.79 Å². The molecule has 1 aromatic heterocycles. The zero-order valence-corrected chi connectivity index (χ0v) is 10.3. The average molecular weight is 224 g/mol. The minimum atomic E-state index is -0.354.